The summed E-state index contributed by atoms with van der Waals surface area (Å²) in [7, 11) is -9.29. The van der Waals surface area contributed by atoms with Gasteiger partial charge in [-0.2, -0.15) is 8.42 Å². The Morgan fingerprint density at radius 2 is 0.965 bits per heavy atom. The van der Waals surface area contributed by atoms with Crippen LogP contribution in [-0.2, 0) is 33.1 Å². The van der Waals surface area contributed by atoms with E-state index in [9.17, 15) is 36.2 Å². The molecule has 57 heavy (non-hydrogen) atoms. The number of aryl methyl sites for hydroxylation is 2. The van der Waals surface area contributed by atoms with Crippen LogP contribution < -0.4 is 14.6 Å². The van der Waals surface area contributed by atoms with E-state index in [-0.39, 0.29) is 55.0 Å². The molecule has 0 bridgehead atoms. The molecule has 0 unspecified atom stereocenters. The Kier molecular flexibility index (Phi) is 23.8. The molecule has 0 saturated heterocycles. The smallest absolute Gasteiger partial charge is 0.872 e. The fourth-order valence-electron chi connectivity index (χ4n) is 6.26. The molecular formula is C44H58CaO10S2. The third kappa shape index (κ3) is 20.1. The minimum absolute atomic E-state index is 0. The Morgan fingerprint density at radius 3 is 1.40 bits per heavy atom. The summed E-state index contributed by atoms with van der Waals surface area (Å²) in [6.07, 6.45) is 22.0. The number of ether oxygens (including phenoxy) is 2. The summed E-state index contributed by atoms with van der Waals surface area (Å²) in [5.41, 5.74) is 2.21. The standard InChI is InChI=1S/2C22H30O5S.Ca/c2*1-2-3-4-5-6-7-8-9-11-18-12-10-13-20(16-18)27-21-15-14-19(23)17-22(21)28(24,25)26;/h2*10,12-17,23H,2-9,11H2,1H3,(H,24,25,26);/q;;+2/p-2. The van der Waals surface area contributed by atoms with Gasteiger partial charge in [-0.1, -0.05) is 134 Å². The topological polar surface area (TPSA) is 173 Å². The molecule has 308 valence electrons. The fourth-order valence-corrected chi connectivity index (χ4v) is 7.51. The summed E-state index contributed by atoms with van der Waals surface area (Å²) in [5, 5.41) is 20.9. The summed E-state index contributed by atoms with van der Waals surface area (Å²) in [6, 6.07) is 21.7. The third-order valence-corrected chi connectivity index (χ3v) is 11.0. The average Bonchev–Trinajstić information content (AvgIpc) is 3.15. The van der Waals surface area contributed by atoms with Crippen LogP contribution in [0.5, 0.6) is 34.5 Å². The zero-order valence-corrected chi connectivity index (χ0v) is 37.3. The van der Waals surface area contributed by atoms with E-state index in [0.717, 1.165) is 48.9 Å². The number of hydrogen-bond donors (Lipinski definition) is 2. The number of unbranched alkanes of at least 4 members (excludes halogenated alkanes) is 14. The number of benzene rings is 4. The molecule has 4 rings (SSSR count). The minimum Gasteiger partial charge on any atom is -0.872 e. The van der Waals surface area contributed by atoms with Crippen LogP contribution in [0.15, 0.2) is 94.7 Å². The SMILES string of the molecule is CCCCCCCCCCc1cccc(Oc2ccc(O)cc2S(=O)(=O)O)c1.CCCCCCCCCCc1cccc(Oc2ccc([O-])cc2S(=O)(=O)[O-])c1.[Ca+2]. The summed E-state index contributed by atoms with van der Waals surface area (Å²) < 4.78 is 77.8. The van der Waals surface area contributed by atoms with E-state index in [1.165, 1.54) is 114 Å². The maximum Gasteiger partial charge on any atom is 2.00 e. The Hall–Kier alpha value is -2.84. The van der Waals surface area contributed by atoms with Gasteiger partial charge in [-0.05, 0) is 85.3 Å². The molecule has 0 aliphatic rings. The van der Waals surface area contributed by atoms with Gasteiger partial charge in [0.2, 0.25) is 0 Å². The van der Waals surface area contributed by atoms with Crippen LogP contribution in [-0.4, -0.2) is 68.8 Å². The van der Waals surface area contributed by atoms with Crippen molar-refractivity contribution >= 4 is 58.0 Å². The number of phenols is 1. The molecule has 0 radical (unpaired) electrons. The molecule has 0 aliphatic carbocycles. The molecule has 0 fully saturated rings. The Labute approximate surface area is 370 Å². The zero-order valence-electron chi connectivity index (χ0n) is 33.5. The molecule has 13 heteroatoms. The predicted octanol–water partition coefficient (Wildman–Crippen LogP) is 10.9. The number of phenolic OH excluding ortho intramolecular Hbond substituents is 1. The van der Waals surface area contributed by atoms with Gasteiger partial charge in [0.25, 0.3) is 10.1 Å². The van der Waals surface area contributed by atoms with Crippen LogP contribution in [0.3, 0.4) is 0 Å². The molecule has 2 N–H and O–H groups in total. The van der Waals surface area contributed by atoms with E-state index in [4.69, 9.17) is 9.47 Å². The molecule has 10 nitrogen and oxygen atoms in total. The van der Waals surface area contributed by atoms with Gasteiger partial charge in [0, 0.05) is 6.07 Å². The molecule has 0 amide bonds. The van der Waals surface area contributed by atoms with E-state index in [1.807, 2.05) is 36.4 Å². The van der Waals surface area contributed by atoms with Crippen LogP contribution in [0.2, 0.25) is 0 Å². The molecule has 4 aromatic rings. The Balaban J connectivity index is 0.000000387. The molecule has 0 aromatic heterocycles. The van der Waals surface area contributed by atoms with Crippen LogP contribution in [0.4, 0.5) is 0 Å². The van der Waals surface area contributed by atoms with Crippen LogP contribution in [0.1, 0.15) is 128 Å². The van der Waals surface area contributed by atoms with E-state index >= 15 is 0 Å². The van der Waals surface area contributed by atoms with Gasteiger partial charge in [-0.3, -0.25) is 4.55 Å². The first-order valence-corrected chi connectivity index (χ1v) is 22.8. The molecule has 0 saturated carbocycles. The number of rotatable bonds is 24. The first-order valence-electron chi connectivity index (χ1n) is 19.9. The van der Waals surface area contributed by atoms with Crippen molar-refractivity contribution < 1.29 is 45.6 Å². The number of hydrogen-bond acceptors (Lipinski definition) is 9. The van der Waals surface area contributed by atoms with Gasteiger partial charge < -0.3 is 24.2 Å². The number of aromatic hydroxyl groups is 1. The molecular weight excluding hydrogens is 793 g/mol. The van der Waals surface area contributed by atoms with Crippen LogP contribution in [0.25, 0.3) is 0 Å². The van der Waals surface area contributed by atoms with E-state index in [0.29, 0.717) is 11.5 Å². The van der Waals surface area contributed by atoms with Gasteiger partial charge in [-0.15, -0.1) is 5.75 Å². The minimum atomic E-state index is -4.79. The van der Waals surface area contributed by atoms with Crippen molar-refractivity contribution in [1.82, 2.24) is 0 Å². The van der Waals surface area contributed by atoms with Crippen molar-refractivity contribution in [2.45, 2.75) is 139 Å². The van der Waals surface area contributed by atoms with Gasteiger partial charge in [0.1, 0.15) is 43.8 Å². The van der Waals surface area contributed by atoms with Crippen molar-refractivity contribution in [3.63, 3.8) is 0 Å². The molecule has 4 aromatic carbocycles. The maximum atomic E-state index is 11.5. The summed E-state index contributed by atoms with van der Waals surface area (Å²) >= 11 is 0. The fraction of sp³-hybridized carbons (Fsp3) is 0.455. The van der Waals surface area contributed by atoms with Crippen molar-refractivity contribution in [1.29, 1.82) is 0 Å². The molecule has 0 spiro atoms. The van der Waals surface area contributed by atoms with Crippen molar-refractivity contribution in [3.05, 3.63) is 96.1 Å². The summed E-state index contributed by atoms with van der Waals surface area (Å²) in [4.78, 5) is -1.09. The molecule has 0 aliphatic heterocycles. The van der Waals surface area contributed by atoms with Crippen molar-refractivity contribution in [2.75, 3.05) is 0 Å². The predicted molar refractivity (Wildman–Crippen MR) is 223 cm³/mol. The first kappa shape index (κ1) is 50.3. The van der Waals surface area contributed by atoms with Crippen LogP contribution >= 0.6 is 0 Å². The quantitative estimate of drug-likeness (QED) is 0.0392. The van der Waals surface area contributed by atoms with Gasteiger partial charge in [0.15, 0.2) is 0 Å². The maximum absolute atomic E-state index is 11.5. The second kappa shape index (κ2) is 27.0. The zero-order chi connectivity index (χ0) is 40.8. The van der Waals surface area contributed by atoms with E-state index in [2.05, 4.69) is 13.8 Å². The molecule has 0 heterocycles. The second-order valence-corrected chi connectivity index (χ2v) is 16.9. The largest absolute Gasteiger partial charge is 2.00 e. The third-order valence-electron chi connectivity index (χ3n) is 9.28. The van der Waals surface area contributed by atoms with Gasteiger partial charge in [0.05, 0.1) is 4.90 Å². The van der Waals surface area contributed by atoms with E-state index in [1.54, 1.807) is 12.1 Å². The Morgan fingerprint density at radius 1 is 0.544 bits per heavy atom. The van der Waals surface area contributed by atoms with Crippen molar-refractivity contribution in [3.8, 4) is 34.5 Å². The van der Waals surface area contributed by atoms with Crippen molar-refractivity contribution in [2.24, 2.45) is 0 Å². The molecule has 0 atom stereocenters. The average molecular weight is 851 g/mol. The van der Waals surface area contributed by atoms with E-state index < -0.39 is 35.8 Å². The van der Waals surface area contributed by atoms with Gasteiger partial charge >= 0.3 is 37.7 Å². The van der Waals surface area contributed by atoms with Gasteiger partial charge in [-0.25, -0.2) is 8.42 Å². The second-order valence-electron chi connectivity index (χ2n) is 14.1. The first-order chi connectivity index (χ1) is 26.8. The summed E-state index contributed by atoms with van der Waals surface area (Å²) in [6.45, 7) is 4.44. The Bertz CT molecular complexity index is 1840. The monoisotopic (exact) mass is 850 g/mol. The summed E-state index contributed by atoms with van der Waals surface area (Å²) in [5.74, 6) is -0.0229. The van der Waals surface area contributed by atoms with Crippen LogP contribution in [0, 0.1) is 0 Å². The normalized spacial score (nSPS) is 11.3.